The van der Waals surface area contributed by atoms with Crippen LogP contribution in [0.4, 0.5) is 5.95 Å². The van der Waals surface area contributed by atoms with Gasteiger partial charge in [-0.05, 0) is 68.9 Å². The molecule has 202 valence electrons. The molecular formula is C29H38N6O2S. The van der Waals surface area contributed by atoms with Crippen molar-refractivity contribution in [3.63, 3.8) is 0 Å². The molecule has 1 saturated carbocycles. The van der Waals surface area contributed by atoms with Gasteiger partial charge in [0.25, 0.3) is 5.91 Å². The van der Waals surface area contributed by atoms with Gasteiger partial charge in [0.15, 0.2) is 0 Å². The number of likely N-dealkylation sites (tertiary alicyclic amines) is 1. The van der Waals surface area contributed by atoms with Crippen molar-refractivity contribution in [3.8, 4) is 5.88 Å². The number of fused-ring (bicyclic) bond motifs is 1. The third kappa shape index (κ3) is 6.76. The van der Waals surface area contributed by atoms with Gasteiger partial charge in [-0.1, -0.05) is 37.8 Å². The van der Waals surface area contributed by atoms with Crippen LogP contribution < -0.4 is 14.8 Å². The number of carbonyl (C=O) groups excluding carboxylic acids is 1. The van der Waals surface area contributed by atoms with E-state index in [-0.39, 0.29) is 11.9 Å². The van der Waals surface area contributed by atoms with Gasteiger partial charge in [-0.25, -0.2) is 9.97 Å². The topological polar surface area (TPSA) is 84.3 Å². The highest BCUT2D eigenvalue weighted by atomic mass is 32.2. The largest absolute Gasteiger partial charge is 0.476 e. The molecule has 0 bridgehead atoms. The van der Waals surface area contributed by atoms with Crippen LogP contribution in [0.3, 0.4) is 0 Å². The summed E-state index contributed by atoms with van der Waals surface area (Å²) in [6, 6.07) is 9.88. The van der Waals surface area contributed by atoms with Crippen LogP contribution in [0.2, 0.25) is 0 Å². The van der Waals surface area contributed by atoms with Crippen LogP contribution in [-0.2, 0) is 0 Å². The number of ether oxygens (including phenoxy) is 1. The van der Waals surface area contributed by atoms with E-state index in [1.54, 1.807) is 12.3 Å². The van der Waals surface area contributed by atoms with Gasteiger partial charge in [-0.3, -0.25) is 19.7 Å². The molecule has 8 nitrogen and oxygen atoms in total. The third-order valence-electron chi connectivity index (χ3n) is 7.34. The minimum absolute atomic E-state index is 0.172. The Morgan fingerprint density at radius 3 is 2.76 bits per heavy atom. The fourth-order valence-corrected chi connectivity index (χ4v) is 6.08. The number of carbonyl (C=O) groups is 1. The van der Waals surface area contributed by atoms with Gasteiger partial charge in [-0.15, -0.1) is 6.58 Å². The maximum atomic E-state index is 13.3. The predicted molar refractivity (Wildman–Crippen MR) is 154 cm³/mol. The number of nitrogens with one attached hydrogen (secondary N) is 2. The van der Waals surface area contributed by atoms with Crippen molar-refractivity contribution < 1.29 is 9.53 Å². The fraction of sp³-hybridized carbons (Fsp3) is 0.483. The number of amides is 1. The lowest BCUT2D eigenvalue weighted by Gasteiger charge is -2.26. The second kappa shape index (κ2) is 13.3. The van der Waals surface area contributed by atoms with Gasteiger partial charge in [-0.2, -0.15) is 0 Å². The average molecular weight is 535 g/mol. The molecule has 3 heterocycles. The van der Waals surface area contributed by atoms with E-state index < -0.39 is 0 Å². The van der Waals surface area contributed by atoms with E-state index in [0.717, 1.165) is 48.4 Å². The summed E-state index contributed by atoms with van der Waals surface area (Å²) < 4.78 is 11.5. The monoisotopic (exact) mass is 534 g/mol. The quantitative estimate of drug-likeness (QED) is 0.182. The van der Waals surface area contributed by atoms with Crippen LogP contribution in [0, 0.1) is 0 Å². The number of nitrogens with zero attached hydrogens (tertiary/aromatic N) is 4. The molecule has 2 N–H and O–H groups in total. The van der Waals surface area contributed by atoms with E-state index in [9.17, 15) is 4.79 Å². The van der Waals surface area contributed by atoms with Gasteiger partial charge >= 0.3 is 0 Å². The van der Waals surface area contributed by atoms with E-state index in [0.29, 0.717) is 30.5 Å². The van der Waals surface area contributed by atoms with Gasteiger partial charge in [0.2, 0.25) is 11.8 Å². The summed E-state index contributed by atoms with van der Waals surface area (Å²) in [5, 5.41) is 3.11. The standard InChI is InChI=1S/C29H38N6O2S/c1-2-14-31-38-24-13-9-10-22(19-24)28(36)33-29-32-25-21-30-27(37-18-17-34-15-7-4-8-16-34)20-26(25)35(29)23-11-5-3-6-12-23/h2,9-10,13,19-21,23,31H,1,3-8,11-12,14-18H2,(H,32,33,36). The van der Waals surface area contributed by atoms with Crippen molar-refractivity contribution in [2.75, 3.05) is 38.1 Å². The Kier molecular flexibility index (Phi) is 9.33. The number of imidazole rings is 1. The molecule has 1 aliphatic heterocycles. The zero-order valence-electron chi connectivity index (χ0n) is 22.0. The molecule has 3 aromatic rings. The second-order valence-electron chi connectivity index (χ2n) is 10.1. The maximum absolute atomic E-state index is 13.3. The maximum Gasteiger partial charge on any atom is 0.258 e. The first-order valence-electron chi connectivity index (χ1n) is 13.9. The molecule has 1 saturated heterocycles. The zero-order valence-corrected chi connectivity index (χ0v) is 22.8. The van der Waals surface area contributed by atoms with Gasteiger partial charge < -0.3 is 9.30 Å². The minimum atomic E-state index is -0.172. The molecule has 1 amide bonds. The predicted octanol–water partition coefficient (Wildman–Crippen LogP) is 5.84. The molecule has 9 heteroatoms. The lowest BCUT2D eigenvalue weighted by molar-refractivity contribution is 0.102. The van der Waals surface area contributed by atoms with Crippen LogP contribution in [0.5, 0.6) is 5.88 Å². The Bertz CT molecular complexity index is 1230. The van der Waals surface area contributed by atoms with E-state index in [1.165, 1.54) is 50.5 Å². The first kappa shape index (κ1) is 26.7. The SMILES string of the molecule is C=CCNSc1cccc(C(=O)Nc2nc3cnc(OCCN4CCCCC4)cc3n2C2CCCCC2)c1. The van der Waals surface area contributed by atoms with Crippen molar-refractivity contribution in [3.05, 3.63) is 54.7 Å². The molecule has 5 rings (SSSR count). The van der Waals surface area contributed by atoms with Crippen LogP contribution in [0.1, 0.15) is 67.8 Å². The number of anilines is 1. The number of hydrogen-bond acceptors (Lipinski definition) is 7. The molecule has 38 heavy (non-hydrogen) atoms. The Balaban J connectivity index is 1.35. The van der Waals surface area contributed by atoms with Gasteiger partial charge in [0.05, 0.1) is 11.7 Å². The average Bonchev–Trinajstić information content (AvgIpc) is 3.31. The Labute approximate surface area is 229 Å². The molecule has 2 aromatic heterocycles. The summed E-state index contributed by atoms with van der Waals surface area (Å²) in [5.74, 6) is 1.02. The Morgan fingerprint density at radius 1 is 1.13 bits per heavy atom. The van der Waals surface area contributed by atoms with Crippen LogP contribution >= 0.6 is 11.9 Å². The number of benzene rings is 1. The number of pyridine rings is 1. The number of rotatable bonds is 11. The van der Waals surface area contributed by atoms with Gasteiger partial charge in [0.1, 0.15) is 12.1 Å². The summed E-state index contributed by atoms with van der Waals surface area (Å²) >= 11 is 1.48. The molecular weight excluding hydrogens is 496 g/mol. The first-order valence-corrected chi connectivity index (χ1v) is 14.7. The second-order valence-corrected chi connectivity index (χ2v) is 11.0. The molecule has 1 aromatic carbocycles. The summed E-state index contributed by atoms with van der Waals surface area (Å²) in [5.41, 5.74) is 2.33. The van der Waals surface area contributed by atoms with Crippen LogP contribution in [-0.4, -0.2) is 58.1 Å². The summed E-state index contributed by atoms with van der Waals surface area (Å²) in [6.07, 6.45) is 13.2. The van der Waals surface area contributed by atoms with E-state index in [2.05, 4.69) is 31.1 Å². The van der Waals surface area contributed by atoms with Crippen molar-refractivity contribution in [1.82, 2.24) is 24.2 Å². The molecule has 0 radical (unpaired) electrons. The summed E-state index contributed by atoms with van der Waals surface area (Å²) in [4.78, 5) is 26.1. The summed E-state index contributed by atoms with van der Waals surface area (Å²) in [7, 11) is 0. The molecule has 0 unspecified atom stereocenters. The Hall–Kier alpha value is -2.88. The normalized spacial score (nSPS) is 16.9. The molecule has 0 atom stereocenters. The smallest absolute Gasteiger partial charge is 0.258 e. The van der Waals surface area contributed by atoms with Crippen LogP contribution in [0.25, 0.3) is 11.0 Å². The highest BCUT2D eigenvalue weighted by Gasteiger charge is 2.24. The zero-order chi connectivity index (χ0) is 26.2. The number of aromatic nitrogens is 3. The lowest BCUT2D eigenvalue weighted by Crippen LogP contribution is -2.33. The molecule has 2 fully saturated rings. The summed E-state index contributed by atoms with van der Waals surface area (Å²) in [6.45, 7) is 8.26. The van der Waals surface area contributed by atoms with Crippen molar-refractivity contribution in [1.29, 1.82) is 0 Å². The lowest BCUT2D eigenvalue weighted by atomic mass is 9.95. The van der Waals surface area contributed by atoms with Crippen molar-refractivity contribution in [2.45, 2.75) is 62.3 Å². The molecule has 0 spiro atoms. The number of piperidine rings is 1. The minimum Gasteiger partial charge on any atom is -0.476 e. The molecule has 1 aliphatic carbocycles. The van der Waals surface area contributed by atoms with E-state index in [4.69, 9.17) is 9.72 Å². The molecule has 2 aliphatic rings. The van der Waals surface area contributed by atoms with Crippen LogP contribution in [0.15, 0.2) is 54.1 Å². The Morgan fingerprint density at radius 2 is 1.95 bits per heavy atom. The van der Waals surface area contributed by atoms with Crippen molar-refractivity contribution >= 4 is 34.8 Å². The van der Waals surface area contributed by atoms with E-state index >= 15 is 0 Å². The van der Waals surface area contributed by atoms with Crippen molar-refractivity contribution in [2.24, 2.45) is 0 Å². The fourth-order valence-electron chi connectivity index (χ4n) is 5.38. The highest BCUT2D eigenvalue weighted by Crippen LogP contribution is 2.35. The third-order valence-corrected chi connectivity index (χ3v) is 8.14. The van der Waals surface area contributed by atoms with E-state index in [1.807, 2.05) is 30.3 Å². The number of hydrogen-bond donors (Lipinski definition) is 2. The van der Waals surface area contributed by atoms with Gasteiger partial charge in [0, 0.05) is 35.7 Å². The first-order chi connectivity index (χ1) is 18.7. The highest BCUT2D eigenvalue weighted by molar-refractivity contribution is 7.97.